The minimum atomic E-state index is 0.180. The molecule has 1 aromatic carbocycles. The lowest BCUT2D eigenvalue weighted by Gasteiger charge is -2.25. The summed E-state index contributed by atoms with van der Waals surface area (Å²) < 4.78 is 0. The normalized spacial score (nSPS) is 18.8. The van der Waals surface area contributed by atoms with Crippen molar-refractivity contribution in [2.24, 2.45) is 11.7 Å². The Balaban J connectivity index is 2.02. The van der Waals surface area contributed by atoms with Gasteiger partial charge in [-0.15, -0.1) is 0 Å². The largest absolute Gasteiger partial charge is 0.336 e. The van der Waals surface area contributed by atoms with E-state index in [1.165, 1.54) is 6.42 Å². The summed E-state index contributed by atoms with van der Waals surface area (Å²) in [6.07, 6.45) is 4.61. The second-order valence-corrected chi connectivity index (χ2v) is 6.17. The van der Waals surface area contributed by atoms with E-state index >= 15 is 0 Å². The second kappa shape index (κ2) is 6.89. The van der Waals surface area contributed by atoms with E-state index in [0.29, 0.717) is 18.5 Å². The maximum Gasteiger partial charge on any atom is 0.254 e. The molecular formula is C17H26N2O. The van der Waals surface area contributed by atoms with Gasteiger partial charge in [-0.25, -0.2) is 0 Å². The van der Waals surface area contributed by atoms with Gasteiger partial charge in [0.15, 0.2) is 0 Å². The quantitative estimate of drug-likeness (QED) is 0.896. The Morgan fingerprint density at radius 2 is 2.05 bits per heavy atom. The lowest BCUT2D eigenvalue weighted by Crippen LogP contribution is -2.35. The maximum absolute atomic E-state index is 12.6. The van der Waals surface area contributed by atoms with E-state index in [1.54, 1.807) is 0 Å². The number of hydrogen-bond donors (Lipinski definition) is 1. The molecule has 110 valence electrons. The molecule has 1 aromatic rings. The molecule has 1 fully saturated rings. The fourth-order valence-corrected chi connectivity index (χ4v) is 2.88. The third-order valence-corrected chi connectivity index (χ3v) is 4.15. The number of nitrogens with zero attached hydrogens (tertiary/aromatic N) is 1. The molecule has 1 heterocycles. The van der Waals surface area contributed by atoms with Crippen LogP contribution in [0.15, 0.2) is 24.3 Å². The molecule has 1 amide bonds. The fraction of sp³-hybridized carbons (Fsp3) is 0.588. The van der Waals surface area contributed by atoms with Crippen LogP contribution in [0.2, 0.25) is 0 Å². The summed E-state index contributed by atoms with van der Waals surface area (Å²) in [6, 6.07) is 8.14. The van der Waals surface area contributed by atoms with Crippen LogP contribution < -0.4 is 5.73 Å². The van der Waals surface area contributed by atoms with E-state index in [-0.39, 0.29) is 5.91 Å². The standard InChI is InChI=1S/C17H26N2O/c1-13(2)5-10-16-4-3-11-19(16)17(20)15-8-6-14(12-18)7-9-15/h6-9,13,16H,3-5,10-12,18H2,1-2H3. The van der Waals surface area contributed by atoms with Gasteiger partial charge < -0.3 is 10.6 Å². The number of amides is 1. The number of carbonyl (C=O) groups is 1. The molecule has 1 atom stereocenters. The van der Waals surface area contributed by atoms with Crippen molar-refractivity contribution >= 4 is 5.91 Å². The van der Waals surface area contributed by atoms with Crippen LogP contribution in [-0.2, 0) is 6.54 Å². The van der Waals surface area contributed by atoms with Crippen LogP contribution in [0, 0.1) is 5.92 Å². The third-order valence-electron chi connectivity index (χ3n) is 4.15. The summed E-state index contributed by atoms with van der Waals surface area (Å²) in [6.45, 7) is 5.91. The number of carbonyl (C=O) groups excluding carboxylic acids is 1. The van der Waals surface area contributed by atoms with Gasteiger partial charge in [0.05, 0.1) is 0 Å². The van der Waals surface area contributed by atoms with Crippen molar-refractivity contribution in [3.05, 3.63) is 35.4 Å². The number of benzene rings is 1. The highest BCUT2D eigenvalue weighted by atomic mass is 16.2. The summed E-state index contributed by atoms with van der Waals surface area (Å²) in [5.41, 5.74) is 7.45. The zero-order valence-electron chi connectivity index (χ0n) is 12.6. The molecule has 0 aromatic heterocycles. The van der Waals surface area contributed by atoms with E-state index in [4.69, 9.17) is 5.73 Å². The van der Waals surface area contributed by atoms with Crippen LogP contribution in [0.4, 0.5) is 0 Å². The van der Waals surface area contributed by atoms with E-state index < -0.39 is 0 Å². The Morgan fingerprint density at radius 3 is 2.65 bits per heavy atom. The average Bonchev–Trinajstić information content (AvgIpc) is 2.93. The summed E-state index contributed by atoms with van der Waals surface area (Å²) in [5, 5.41) is 0. The lowest BCUT2D eigenvalue weighted by atomic mass is 10.0. The first-order valence-electron chi connectivity index (χ1n) is 7.71. The first-order valence-corrected chi connectivity index (χ1v) is 7.71. The number of likely N-dealkylation sites (tertiary alicyclic amines) is 1. The van der Waals surface area contributed by atoms with E-state index in [9.17, 15) is 4.79 Å². The van der Waals surface area contributed by atoms with Gasteiger partial charge in [0.1, 0.15) is 0 Å². The van der Waals surface area contributed by atoms with Crippen molar-refractivity contribution < 1.29 is 4.79 Å². The van der Waals surface area contributed by atoms with E-state index in [2.05, 4.69) is 18.7 Å². The Kier molecular flexibility index (Phi) is 5.18. The lowest BCUT2D eigenvalue weighted by molar-refractivity contribution is 0.0726. The molecule has 0 saturated carbocycles. The molecular weight excluding hydrogens is 248 g/mol. The molecule has 20 heavy (non-hydrogen) atoms. The van der Waals surface area contributed by atoms with Crippen LogP contribution in [0.1, 0.15) is 55.5 Å². The Bertz CT molecular complexity index is 439. The van der Waals surface area contributed by atoms with Gasteiger partial charge in [0, 0.05) is 24.7 Å². The highest BCUT2D eigenvalue weighted by Gasteiger charge is 2.28. The molecule has 1 saturated heterocycles. The Morgan fingerprint density at radius 1 is 1.35 bits per heavy atom. The molecule has 1 aliphatic heterocycles. The molecule has 0 bridgehead atoms. The van der Waals surface area contributed by atoms with Crippen molar-refractivity contribution in [3.8, 4) is 0 Å². The molecule has 1 aliphatic rings. The average molecular weight is 274 g/mol. The minimum absolute atomic E-state index is 0.180. The zero-order chi connectivity index (χ0) is 14.5. The summed E-state index contributed by atoms with van der Waals surface area (Å²) in [7, 11) is 0. The Hall–Kier alpha value is -1.35. The SMILES string of the molecule is CC(C)CCC1CCCN1C(=O)c1ccc(CN)cc1. The maximum atomic E-state index is 12.6. The molecule has 0 spiro atoms. The number of nitrogens with two attached hydrogens (primary N) is 1. The minimum Gasteiger partial charge on any atom is -0.336 e. The van der Waals surface area contributed by atoms with Gasteiger partial charge in [-0.3, -0.25) is 4.79 Å². The van der Waals surface area contributed by atoms with Crippen molar-refractivity contribution in [2.75, 3.05) is 6.54 Å². The molecule has 2 N–H and O–H groups in total. The third kappa shape index (κ3) is 3.60. The van der Waals surface area contributed by atoms with Crippen LogP contribution in [0.3, 0.4) is 0 Å². The van der Waals surface area contributed by atoms with Crippen LogP contribution in [0.25, 0.3) is 0 Å². The molecule has 0 aliphatic carbocycles. The highest BCUT2D eigenvalue weighted by Crippen LogP contribution is 2.25. The van der Waals surface area contributed by atoms with Gasteiger partial charge in [0.25, 0.3) is 5.91 Å². The molecule has 3 nitrogen and oxygen atoms in total. The molecule has 0 radical (unpaired) electrons. The smallest absolute Gasteiger partial charge is 0.254 e. The summed E-state index contributed by atoms with van der Waals surface area (Å²) in [4.78, 5) is 14.7. The van der Waals surface area contributed by atoms with Gasteiger partial charge in [-0.2, -0.15) is 0 Å². The predicted molar refractivity (Wildman–Crippen MR) is 82.5 cm³/mol. The van der Waals surface area contributed by atoms with Gasteiger partial charge in [-0.05, 0) is 49.3 Å². The first-order chi connectivity index (χ1) is 9.61. The number of rotatable bonds is 5. The van der Waals surface area contributed by atoms with Gasteiger partial charge in [-0.1, -0.05) is 26.0 Å². The Labute approximate surface area is 122 Å². The van der Waals surface area contributed by atoms with Crippen LogP contribution in [0.5, 0.6) is 0 Å². The summed E-state index contributed by atoms with van der Waals surface area (Å²) >= 11 is 0. The van der Waals surface area contributed by atoms with Crippen molar-refractivity contribution in [1.29, 1.82) is 0 Å². The predicted octanol–water partition coefficient (Wildman–Crippen LogP) is 3.19. The van der Waals surface area contributed by atoms with Crippen LogP contribution >= 0.6 is 0 Å². The molecule has 3 heteroatoms. The van der Waals surface area contributed by atoms with Crippen molar-refractivity contribution in [1.82, 2.24) is 4.90 Å². The van der Waals surface area contributed by atoms with Crippen molar-refractivity contribution in [2.45, 2.75) is 52.1 Å². The van der Waals surface area contributed by atoms with E-state index in [1.807, 2.05) is 24.3 Å². The fourth-order valence-electron chi connectivity index (χ4n) is 2.88. The van der Waals surface area contributed by atoms with Gasteiger partial charge >= 0.3 is 0 Å². The highest BCUT2D eigenvalue weighted by molar-refractivity contribution is 5.94. The summed E-state index contributed by atoms with van der Waals surface area (Å²) in [5.74, 6) is 0.885. The molecule has 2 rings (SSSR count). The second-order valence-electron chi connectivity index (χ2n) is 6.17. The monoisotopic (exact) mass is 274 g/mol. The molecule has 1 unspecified atom stereocenters. The first kappa shape index (κ1) is 15.0. The van der Waals surface area contributed by atoms with Crippen LogP contribution in [-0.4, -0.2) is 23.4 Å². The zero-order valence-corrected chi connectivity index (χ0v) is 12.6. The van der Waals surface area contributed by atoms with Gasteiger partial charge in [0.2, 0.25) is 0 Å². The number of hydrogen-bond acceptors (Lipinski definition) is 2. The van der Waals surface area contributed by atoms with E-state index in [0.717, 1.165) is 36.9 Å². The topological polar surface area (TPSA) is 46.3 Å². The van der Waals surface area contributed by atoms with Crippen molar-refractivity contribution in [3.63, 3.8) is 0 Å².